The summed E-state index contributed by atoms with van der Waals surface area (Å²) in [5.74, 6) is -0.232. The molecule has 0 radical (unpaired) electrons. The molecule has 0 aromatic rings. The van der Waals surface area contributed by atoms with Crippen LogP contribution in [0.25, 0.3) is 0 Å². The molecule has 1 N–H and O–H groups in total. The third-order valence-corrected chi connectivity index (χ3v) is 1.76. The molecule has 0 saturated heterocycles. The van der Waals surface area contributed by atoms with Crippen molar-refractivity contribution in [2.24, 2.45) is 0 Å². The molecule has 0 heterocycles. The third-order valence-electron chi connectivity index (χ3n) is 1.44. The Kier molecular flexibility index (Phi) is 1.67. The van der Waals surface area contributed by atoms with Gasteiger partial charge in [0.05, 0.1) is 5.03 Å². The van der Waals surface area contributed by atoms with Gasteiger partial charge in [-0.3, -0.25) is 4.79 Å². The summed E-state index contributed by atoms with van der Waals surface area (Å²) in [7, 11) is 0. The van der Waals surface area contributed by atoms with E-state index in [0.29, 0.717) is 0 Å². The van der Waals surface area contributed by atoms with E-state index in [2.05, 4.69) is 6.58 Å². The van der Waals surface area contributed by atoms with Gasteiger partial charge in [0.1, 0.15) is 5.60 Å². The Bertz CT molecular complexity index is 220. The molecule has 0 aliphatic heterocycles. The van der Waals surface area contributed by atoms with E-state index in [1.807, 2.05) is 0 Å². The zero-order chi connectivity index (χ0) is 7.78. The van der Waals surface area contributed by atoms with Gasteiger partial charge < -0.3 is 5.11 Å². The van der Waals surface area contributed by atoms with Crippen molar-refractivity contribution in [3.63, 3.8) is 0 Å². The molecule has 10 heavy (non-hydrogen) atoms. The fourth-order valence-electron chi connectivity index (χ4n) is 0.824. The van der Waals surface area contributed by atoms with Crippen molar-refractivity contribution >= 4 is 17.4 Å². The summed E-state index contributed by atoms with van der Waals surface area (Å²) < 4.78 is 0. The zero-order valence-corrected chi connectivity index (χ0v) is 6.06. The predicted molar refractivity (Wildman–Crippen MR) is 38.7 cm³/mol. The Labute approximate surface area is 63.8 Å². The Balaban J connectivity index is 2.92. The molecule has 1 atom stereocenters. The first-order chi connectivity index (χ1) is 4.57. The molecular formula is C7H7ClO2. The average molecular weight is 159 g/mol. The number of carbonyl (C=O) groups excluding carboxylic acids is 1. The van der Waals surface area contributed by atoms with Gasteiger partial charge in [-0.1, -0.05) is 24.3 Å². The number of rotatable bonds is 1. The average Bonchev–Trinajstić information content (AvgIpc) is 2.10. The number of Topliss-reactive ketones (excluding diaryl/α,β-unsaturated/α-hetero) is 1. The Morgan fingerprint density at radius 2 is 2.50 bits per heavy atom. The van der Waals surface area contributed by atoms with Gasteiger partial charge >= 0.3 is 0 Å². The summed E-state index contributed by atoms with van der Waals surface area (Å²) in [6.07, 6.45) is 2.64. The van der Waals surface area contributed by atoms with Crippen LogP contribution >= 0.6 is 11.6 Å². The number of hydrogen-bond acceptors (Lipinski definition) is 2. The van der Waals surface area contributed by atoms with E-state index in [1.165, 1.54) is 12.2 Å². The van der Waals surface area contributed by atoms with E-state index in [9.17, 15) is 9.90 Å². The van der Waals surface area contributed by atoms with Gasteiger partial charge in [-0.2, -0.15) is 0 Å². The lowest BCUT2D eigenvalue weighted by atomic mass is 10.0. The first kappa shape index (κ1) is 7.51. The Morgan fingerprint density at radius 1 is 1.90 bits per heavy atom. The maximum absolute atomic E-state index is 10.7. The Hall–Kier alpha value is -0.600. The molecule has 0 spiro atoms. The summed E-state index contributed by atoms with van der Waals surface area (Å²) >= 11 is 5.43. The van der Waals surface area contributed by atoms with Crippen molar-refractivity contribution in [2.75, 3.05) is 0 Å². The number of aliphatic hydroxyl groups is 1. The summed E-state index contributed by atoms with van der Waals surface area (Å²) in [5, 5.41) is 9.44. The highest BCUT2D eigenvalue weighted by Crippen LogP contribution is 2.27. The van der Waals surface area contributed by atoms with Gasteiger partial charge in [-0.15, -0.1) is 0 Å². The summed E-state index contributed by atoms with van der Waals surface area (Å²) in [5.41, 5.74) is -1.20. The monoisotopic (exact) mass is 158 g/mol. The quantitative estimate of drug-likeness (QED) is 0.578. The highest BCUT2D eigenvalue weighted by Gasteiger charge is 2.32. The van der Waals surface area contributed by atoms with Gasteiger partial charge in [0.2, 0.25) is 0 Å². The number of allylic oxidation sites excluding steroid dienone is 1. The molecule has 0 aromatic heterocycles. The van der Waals surface area contributed by atoms with Crippen LogP contribution in [0, 0.1) is 0 Å². The standard InChI is InChI=1S/C7H7ClO2/c1-2-7(10)3-5(8)6(9)4-7/h2-3,10H,1,4H2. The van der Waals surface area contributed by atoms with Gasteiger partial charge in [-0.25, -0.2) is 0 Å². The fraction of sp³-hybridized carbons (Fsp3) is 0.286. The maximum atomic E-state index is 10.7. The molecule has 0 amide bonds. The minimum Gasteiger partial charge on any atom is -0.381 e. The van der Waals surface area contributed by atoms with E-state index < -0.39 is 5.60 Å². The molecule has 0 fully saturated rings. The van der Waals surface area contributed by atoms with E-state index in [4.69, 9.17) is 11.6 Å². The van der Waals surface area contributed by atoms with E-state index in [-0.39, 0.29) is 17.2 Å². The van der Waals surface area contributed by atoms with E-state index >= 15 is 0 Å². The summed E-state index contributed by atoms with van der Waals surface area (Å²) in [4.78, 5) is 10.7. The van der Waals surface area contributed by atoms with Crippen molar-refractivity contribution in [3.8, 4) is 0 Å². The zero-order valence-electron chi connectivity index (χ0n) is 5.30. The van der Waals surface area contributed by atoms with Crippen molar-refractivity contribution in [2.45, 2.75) is 12.0 Å². The van der Waals surface area contributed by atoms with Crippen LogP contribution in [0.3, 0.4) is 0 Å². The van der Waals surface area contributed by atoms with Crippen LogP contribution < -0.4 is 0 Å². The molecule has 0 bridgehead atoms. The maximum Gasteiger partial charge on any atom is 0.177 e. The molecule has 1 aliphatic rings. The minimum atomic E-state index is -1.20. The molecular weight excluding hydrogens is 152 g/mol. The second-order valence-electron chi connectivity index (χ2n) is 2.29. The minimum absolute atomic E-state index is 0.0231. The van der Waals surface area contributed by atoms with E-state index in [1.54, 1.807) is 0 Å². The predicted octanol–water partition coefficient (Wildman–Crippen LogP) is 0.999. The number of hydrogen-bond donors (Lipinski definition) is 1. The molecule has 3 heteroatoms. The van der Waals surface area contributed by atoms with Crippen LogP contribution in [0.2, 0.25) is 0 Å². The van der Waals surface area contributed by atoms with Crippen LogP contribution in [0.4, 0.5) is 0 Å². The first-order valence-electron chi connectivity index (χ1n) is 2.85. The second-order valence-corrected chi connectivity index (χ2v) is 2.69. The second kappa shape index (κ2) is 2.22. The van der Waals surface area contributed by atoms with Crippen LogP contribution in [0.15, 0.2) is 23.8 Å². The summed E-state index contributed by atoms with van der Waals surface area (Å²) in [6.45, 7) is 3.38. The topological polar surface area (TPSA) is 37.3 Å². The largest absolute Gasteiger partial charge is 0.381 e. The lowest BCUT2D eigenvalue weighted by molar-refractivity contribution is -0.116. The van der Waals surface area contributed by atoms with Crippen LogP contribution in [0.5, 0.6) is 0 Å². The van der Waals surface area contributed by atoms with Gasteiger partial charge in [0.25, 0.3) is 0 Å². The van der Waals surface area contributed by atoms with Crippen LogP contribution in [-0.2, 0) is 4.79 Å². The smallest absolute Gasteiger partial charge is 0.177 e. The third kappa shape index (κ3) is 1.13. The normalized spacial score (nSPS) is 32.2. The highest BCUT2D eigenvalue weighted by atomic mass is 35.5. The van der Waals surface area contributed by atoms with Crippen LogP contribution in [0.1, 0.15) is 6.42 Å². The van der Waals surface area contributed by atoms with Crippen molar-refractivity contribution in [1.82, 2.24) is 0 Å². The van der Waals surface area contributed by atoms with Crippen molar-refractivity contribution in [3.05, 3.63) is 23.8 Å². The molecule has 1 aliphatic carbocycles. The molecule has 54 valence electrons. The van der Waals surface area contributed by atoms with Gasteiger partial charge in [0, 0.05) is 6.42 Å². The molecule has 1 unspecified atom stereocenters. The molecule has 0 saturated carbocycles. The molecule has 2 nitrogen and oxygen atoms in total. The Morgan fingerprint density at radius 3 is 2.70 bits per heavy atom. The van der Waals surface area contributed by atoms with Crippen LogP contribution in [-0.4, -0.2) is 16.5 Å². The fourth-order valence-corrected chi connectivity index (χ4v) is 1.08. The number of halogens is 1. The number of ketones is 1. The van der Waals surface area contributed by atoms with Gasteiger partial charge in [-0.05, 0) is 6.08 Å². The highest BCUT2D eigenvalue weighted by molar-refractivity contribution is 6.43. The van der Waals surface area contributed by atoms with Crippen molar-refractivity contribution in [1.29, 1.82) is 0 Å². The summed E-state index contributed by atoms with van der Waals surface area (Å²) in [6, 6.07) is 0. The lowest BCUT2D eigenvalue weighted by Gasteiger charge is -2.11. The van der Waals surface area contributed by atoms with E-state index in [0.717, 1.165) is 0 Å². The molecule has 0 aromatic carbocycles. The lowest BCUT2D eigenvalue weighted by Crippen LogP contribution is -2.20. The first-order valence-corrected chi connectivity index (χ1v) is 3.23. The molecule has 1 rings (SSSR count). The SMILES string of the molecule is C=CC1(O)C=C(Cl)C(=O)C1. The van der Waals surface area contributed by atoms with Gasteiger partial charge in [0.15, 0.2) is 5.78 Å². The number of carbonyl (C=O) groups is 1. The van der Waals surface area contributed by atoms with Crippen molar-refractivity contribution < 1.29 is 9.90 Å².